The number of benzene rings is 3. The average Bonchev–Trinajstić information content (AvgIpc) is 2.75. The summed E-state index contributed by atoms with van der Waals surface area (Å²) in [6.45, 7) is 9.77. The molecule has 0 N–H and O–H groups in total. The van der Waals surface area contributed by atoms with E-state index in [0.717, 1.165) is 18.2 Å². The van der Waals surface area contributed by atoms with E-state index in [1.54, 1.807) is 0 Å². The van der Waals surface area contributed by atoms with Crippen molar-refractivity contribution in [3.8, 4) is 33.8 Å². The van der Waals surface area contributed by atoms with Gasteiger partial charge in [-0.15, -0.1) is 0 Å². The van der Waals surface area contributed by atoms with Gasteiger partial charge >= 0.3 is 11.9 Å². The highest BCUT2D eigenvalue weighted by Gasteiger charge is 2.15. The molecule has 3 aromatic rings. The topological polar surface area (TPSA) is 52.6 Å². The summed E-state index contributed by atoms with van der Waals surface area (Å²) in [6, 6.07) is 11.4. The molecule has 0 aliphatic carbocycles. The highest BCUT2D eigenvalue weighted by atomic mass is 19.1. The highest BCUT2D eigenvalue weighted by molar-refractivity contribution is 5.89. The van der Waals surface area contributed by atoms with Crippen LogP contribution in [0.25, 0.3) is 22.3 Å². The molecular weight excluding hydrogens is 433 g/mol. The second-order valence-electron chi connectivity index (χ2n) is 7.32. The van der Waals surface area contributed by atoms with Crippen LogP contribution in [-0.4, -0.2) is 11.9 Å². The summed E-state index contributed by atoms with van der Waals surface area (Å²) in [5.74, 6) is -4.07. The van der Waals surface area contributed by atoms with Gasteiger partial charge in [0.05, 0.1) is 0 Å². The van der Waals surface area contributed by atoms with Crippen LogP contribution in [-0.2, 0) is 9.59 Å². The summed E-state index contributed by atoms with van der Waals surface area (Å²) < 4.78 is 53.6. The second-order valence-corrected chi connectivity index (χ2v) is 7.32. The highest BCUT2D eigenvalue weighted by Crippen LogP contribution is 2.32. The Labute approximate surface area is 188 Å². The fourth-order valence-electron chi connectivity index (χ4n) is 2.84. The normalized spacial score (nSPS) is 10.5. The van der Waals surface area contributed by atoms with Crippen LogP contribution in [0.2, 0.25) is 0 Å². The molecule has 0 radical (unpaired) electrons. The van der Waals surface area contributed by atoms with Crippen molar-refractivity contribution in [3.05, 3.63) is 96.4 Å². The molecule has 0 saturated carbocycles. The maximum atomic E-state index is 14.8. The first-order valence-electron chi connectivity index (χ1n) is 9.71. The van der Waals surface area contributed by atoms with Gasteiger partial charge in [-0.3, -0.25) is 0 Å². The van der Waals surface area contributed by atoms with Gasteiger partial charge in [-0.25, -0.2) is 22.8 Å². The second kappa shape index (κ2) is 9.56. The molecule has 168 valence electrons. The lowest BCUT2D eigenvalue weighted by Crippen LogP contribution is -2.09. The molecule has 0 heterocycles. The van der Waals surface area contributed by atoms with Gasteiger partial charge in [0.15, 0.2) is 11.6 Å². The number of carbonyl (C=O) groups is 2. The van der Waals surface area contributed by atoms with Gasteiger partial charge < -0.3 is 9.47 Å². The number of carbonyl (C=O) groups excluding carboxylic acids is 2. The van der Waals surface area contributed by atoms with E-state index in [1.807, 2.05) is 0 Å². The largest absolute Gasteiger partial charge is 0.423 e. The van der Waals surface area contributed by atoms with Gasteiger partial charge in [0.25, 0.3) is 0 Å². The van der Waals surface area contributed by atoms with Crippen molar-refractivity contribution >= 4 is 11.9 Å². The van der Waals surface area contributed by atoms with Crippen LogP contribution < -0.4 is 9.47 Å². The Balaban J connectivity index is 1.87. The van der Waals surface area contributed by atoms with Crippen LogP contribution in [0.4, 0.5) is 13.2 Å². The first kappa shape index (κ1) is 23.5. The molecule has 0 spiro atoms. The fraction of sp³-hybridized carbons (Fsp3) is 0.0769. The van der Waals surface area contributed by atoms with Gasteiger partial charge in [-0.1, -0.05) is 31.4 Å². The lowest BCUT2D eigenvalue weighted by atomic mass is 9.99. The molecule has 7 heteroatoms. The van der Waals surface area contributed by atoms with Crippen molar-refractivity contribution in [2.24, 2.45) is 0 Å². The van der Waals surface area contributed by atoms with Crippen molar-refractivity contribution in [1.82, 2.24) is 0 Å². The van der Waals surface area contributed by atoms with Gasteiger partial charge in [0, 0.05) is 28.3 Å². The molecule has 0 bridgehead atoms. The van der Waals surface area contributed by atoms with E-state index in [9.17, 15) is 22.8 Å². The van der Waals surface area contributed by atoms with Crippen LogP contribution in [0.1, 0.15) is 13.8 Å². The summed E-state index contributed by atoms with van der Waals surface area (Å²) >= 11 is 0. The zero-order chi connectivity index (χ0) is 24.3. The number of ether oxygens (including phenoxy) is 2. The molecular formula is C26H19F3O4. The van der Waals surface area contributed by atoms with E-state index in [4.69, 9.17) is 9.47 Å². The van der Waals surface area contributed by atoms with Crippen molar-refractivity contribution in [2.45, 2.75) is 13.8 Å². The Morgan fingerprint density at radius 1 is 0.667 bits per heavy atom. The van der Waals surface area contributed by atoms with Crippen LogP contribution in [0.3, 0.4) is 0 Å². The van der Waals surface area contributed by atoms with E-state index in [0.29, 0.717) is 0 Å². The molecule has 0 unspecified atom stereocenters. The fourth-order valence-corrected chi connectivity index (χ4v) is 2.84. The van der Waals surface area contributed by atoms with Crippen LogP contribution in [0.15, 0.2) is 78.9 Å². The molecule has 0 aliphatic rings. The lowest BCUT2D eigenvalue weighted by molar-refractivity contribution is -0.131. The van der Waals surface area contributed by atoms with E-state index in [2.05, 4.69) is 13.2 Å². The van der Waals surface area contributed by atoms with Gasteiger partial charge in [0.1, 0.15) is 17.4 Å². The minimum atomic E-state index is -0.850. The number of rotatable bonds is 6. The number of halogens is 3. The third-order valence-corrected chi connectivity index (χ3v) is 4.57. The molecule has 0 atom stereocenters. The number of esters is 2. The van der Waals surface area contributed by atoms with Crippen molar-refractivity contribution in [1.29, 1.82) is 0 Å². The van der Waals surface area contributed by atoms with Crippen LogP contribution in [0, 0.1) is 17.5 Å². The minimum Gasteiger partial charge on any atom is -0.423 e. The summed E-state index contributed by atoms with van der Waals surface area (Å²) in [5, 5.41) is 0. The van der Waals surface area contributed by atoms with E-state index in [1.165, 1.54) is 50.2 Å². The summed E-state index contributed by atoms with van der Waals surface area (Å²) in [6.07, 6.45) is 0. The Kier molecular flexibility index (Phi) is 6.82. The van der Waals surface area contributed by atoms with Crippen LogP contribution >= 0.6 is 0 Å². The Morgan fingerprint density at radius 3 is 1.67 bits per heavy atom. The van der Waals surface area contributed by atoms with Crippen LogP contribution in [0.5, 0.6) is 11.5 Å². The van der Waals surface area contributed by atoms with Gasteiger partial charge in [-0.2, -0.15) is 0 Å². The van der Waals surface area contributed by atoms with Gasteiger partial charge in [0.2, 0.25) is 0 Å². The average molecular weight is 452 g/mol. The molecule has 0 fully saturated rings. The monoisotopic (exact) mass is 452 g/mol. The minimum absolute atomic E-state index is 0.00995. The maximum Gasteiger partial charge on any atom is 0.338 e. The Hall–Kier alpha value is -4.13. The quantitative estimate of drug-likeness (QED) is 0.247. The SMILES string of the molecule is C=C(C)C(=O)Oc1ccc(-c2ccc(-c3ccc(OC(=O)C(=C)C)c(F)c3)c(F)c2)c(F)c1. The van der Waals surface area contributed by atoms with E-state index in [-0.39, 0.29) is 44.9 Å². The van der Waals surface area contributed by atoms with Gasteiger partial charge in [-0.05, 0) is 55.3 Å². The molecule has 3 aromatic carbocycles. The maximum absolute atomic E-state index is 14.8. The third-order valence-electron chi connectivity index (χ3n) is 4.57. The van der Waals surface area contributed by atoms with Crippen molar-refractivity contribution < 1.29 is 32.2 Å². The molecule has 3 rings (SSSR count). The Morgan fingerprint density at radius 2 is 1.15 bits per heavy atom. The molecule has 0 saturated heterocycles. The molecule has 33 heavy (non-hydrogen) atoms. The summed E-state index contributed by atoms with van der Waals surface area (Å²) in [7, 11) is 0. The molecule has 0 aromatic heterocycles. The van der Waals surface area contributed by atoms with E-state index >= 15 is 0 Å². The van der Waals surface area contributed by atoms with Crippen molar-refractivity contribution in [2.75, 3.05) is 0 Å². The smallest absolute Gasteiger partial charge is 0.338 e. The standard InChI is InChI=1S/C26H19F3O4/c1-14(2)25(30)32-18-7-9-20(22(28)13-18)16-5-8-19(21(27)11-16)17-6-10-24(23(29)12-17)33-26(31)15(3)4/h5-13H,1,3H2,2,4H3. The molecule has 0 aliphatic heterocycles. The zero-order valence-corrected chi connectivity index (χ0v) is 17.9. The third kappa shape index (κ3) is 5.38. The predicted octanol–water partition coefficient (Wildman–Crippen LogP) is 6.40. The predicted molar refractivity (Wildman–Crippen MR) is 118 cm³/mol. The lowest BCUT2D eigenvalue weighted by Gasteiger charge is -2.11. The molecule has 0 amide bonds. The zero-order valence-electron chi connectivity index (χ0n) is 17.9. The Bertz CT molecular complexity index is 1290. The summed E-state index contributed by atoms with van der Waals surface area (Å²) in [4.78, 5) is 23.1. The van der Waals surface area contributed by atoms with Crippen molar-refractivity contribution in [3.63, 3.8) is 0 Å². The first-order chi connectivity index (χ1) is 15.6. The number of hydrogen-bond acceptors (Lipinski definition) is 4. The molecule has 4 nitrogen and oxygen atoms in total. The summed E-state index contributed by atoms with van der Waals surface area (Å²) in [5.41, 5.74) is 0.866. The van der Waals surface area contributed by atoms with E-state index < -0.39 is 29.4 Å². The number of hydrogen-bond donors (Lipinski definition) is 0. The first-order valence-corrected chi connectivity index (χ1v) is 9.71.